The third-order valence-corrected chi connectivity index (χ3v) is 5.13. The highest BCUT2D eigenvalue weighted by Gasteiger charge is 2.24. The molecule has 0 atom stereocenters. The van der Waals surface area contributed by atoms with Crippen LogP contribution in [0.5, 0.6) is 17.2 Å². The number of carbonyl (C=O) groups is 2. The predicted molar refractivity (Wildman–Crippen MR) is 113 cm³/mol. The summed E-state index contributed by atoms with van der Waals surface area (Å²) in [6, 6.07) is 14.8. The van der Waals surface area contributed by atoms with Crippen LogP contribution < -0.4 is 19.5 Å². The van der Waals surface area contributed by atoms with Crippen LogP contribution in [0, 0.1) is 0 Å². The number of nitrogens with one attached hydrogen (secondary N) is 1. The molecule has 30 heavy (non-hydrogen) atoms. The molecule has 1 aliphatic rings. The van der Waals surface area contributed by atoms with E-state index in [1.807, 2.05) is 42.5 Å². The van der Waals surface area contributed by atoms with Crippen LogP contribution >= 0.6 is 0 Å². The molecule has 1 fully saturated rings. The summed E-state index contributed by atoms with van der Waals surface area (Å²) >= 11 is 0. The van der Waals surface area contributed by atoms with Gasteiger partial charge in [0, 0.05) is 19.1 Å². The van der Waals surface area contributed by atoms with E-state index in [2.05, 4.69) is 5.32 Å². The van der Waals surface area contributed by atoms with Crippen LogP contribution in [0.25, 0.3) is 0 Å². The van der Waals surface area contributed by atoms with Gasteiger partial charge in [-0.15, -0.1) is 0 Å². The van der Waals surface area contributed by atoms with Crippen LogP contribution in [0.3, 0.4) is 0 Å². The molecule has 160 valence electrons. The molecule has 0 radical (unpaired) electrons. The molecule has 0 unspecified atom stereocenters. The number of piperidine rings is 1. The van der Waals surface area contributed by atoms with Gasteiger partial charge in [-0.25, -0.2) is 0 Å². The van der Waals surface area contributed by atoms with Gasteiger partial charge in [0.1, 0.15) is 5.75 Å². The average Bonchev–Trinajstić information content (AvgIpc) is 2.78. The molecule has 0 spiro atoms. The summed E-state index contributed by atoms with van der Waals surface area (Å²) in [4.78, 5) is 26.6. The molecule has 0 aliphatic carbocycles. The van der Waals surface area contributed by atoms with Gasteiger partial charge < -0.3 is 24.4 Å². The van der Waals surface area contributed by atoms with Gasteiger partial charge in [-0.05, 0) is 42.7 Å². The third-order valence-electron chi connectivity index (χ3n) is 5.13. The van der Waals surface area contributed by atoms with Crippen LogP contribution in [0.4, 0.5) is 0 Å². The lowest BCUT2D eigenvalue weighted by Gasteiger charge is -2.32. The van der Waals surface area contributed by atoms with E-state index in [4.69, 9.17) is 14.2 Å². The molecule has 2 aromatic rings. The largest absolute Gasteiger partial charge is 0.493 e. The zero-order valence-corrected chi connectivity index (χ0v) is 17.4. The first-order chi connectivity index (χ1) is 14.6. The highest BCUT2D eigenvalue weighted by atomic mass is 16.5. The molecule has 0 bridgehead atoms. The molecule has 7 nitrogen and oxygen atoms in total. The van der Waals surface area contributed by atoms with Crippen molar-refractivity contribution < 1.29 is 23.8 Å². The Hall–Kier alpha value is -3.22. The minimum atomic E-state index is -0.0422. The molecule has 0 aromatic heterocycles. The molecular formula is C23H28N2O5. The van der Waals surface area contributed by atoms with Crippen molar-refractivity contribution >= 4 is 11.8 Å². The second-order valence-corrected chi connectivity index (χ2v) is 7.19. The molecule has 2 amide bonds. The molecule has 1 saturated heterocycles. The van der Waals surface area contributed by atoms with Gasteiger partial charge in [-0.1, -0.05) is 24.3 Å². The fourth-order valence-electron chi connectivity index (χ4n) is 3.48. The number of amides is 2. The van der Waals surface area contributed by atoms with E-state index in [0.717, 1.165) is 18.4 Å². The van der Waals surface area contributed by atoms with Crippen molar-refractivity contribution in [3.05, 3.63) is 54.1 Å². The van der Waals surface area contributed by atoms with Gasteiger partial charge in [-0.2, -0.15) is 0 Å². The smallest absolute Gasteiger partial charge is 0.260 e. The second kappa shape index (κ2) is 10.5. The number of nitrogens with zero attached hydrogens (tertiary/aromatic N) is 1. The molecule has 7 heteroatoms. The van der Waals surface area contributed by atoms with Crippen molar-refractivity contribution in [1.82, 2.24) is 10.2 Å². The summed E-state index contributed by atoms with van der Waals surface area (Å²) in [5.74, 6) is 1.85. The molecule has 1 N–H and O–H groups in total. The first-order valence-electron chi connectivity index (χ1n) is 10.0. The highest BCUT2D eigenvalue weighted by Crippen LogP contribution is 2.27. The summed E-state index contributed by atoms with van der Waals surface area (Å²) < 4.78 is 16.0. The number of hydrogen-bond acceptors (Lipinski definition) is 5. The maximum absolute atomic E-state index is 12.4. The zero-order chi connectivity index (χ0) is 21.3. The molecule has 1 aliphatic heterocycles. The number of rotatable bonds is 8. The first kappa shape index (κ1) is 21.5. The summed E-state index contributed by atoms with van der Waals surface area (Å²) in [7, 11) is 3.15. The predicted octanol–water partition coefficient (Wildman–Crippen LogP) is 2.43. The quantitative estimate of drug-likeness (QED) is 0.721. The van der Waals surface area contributed by atoms with Gasteiger partial charge in [0.15, 0.2) is 18.1 Å². The fraction of sp³-hybridized carbons (Fsp3) is 0.391. The number of hydrogen-bond donors (Lipinski definition) is 1. The fourth-order valence-corrected chi connectivity index (χ4v) is 3.48. The Morgan fingerprint density at radius 3 is 2.37 bits per heavy atom. The molecular weight excluding hydrogens is 384 g/mol. The van der Waals surface area contributed by atoms with Gasteiger partial charge in [0.25, 0.3) is 5.91 Å². The number of para-hydroxylation sites is 1. The van der Waals surface area contributed by atoms with E-state index in [-0.39, 0.29) is 30.9 Å². The van der Waals surface area contributed by atoms with Crippen molar-refractivity contribution in [3.8, 4) is 17.2 Å². The lowest BCUT2D eigenvalue weighted by Crippen LogP contribution is -2.48. The highest BCUT2D eigenvalue weighted by molar-refractivity contribution is 5.79. The molecule has 2 aromatic carbocycles. The minimum absolute atomic E-state index is 0.0281. The Labute approximate surface area is 176 Å². The van der Waals surface area contributed by atoms with Gasteiger partial charge in [0.2, 0.25) is 5.91 Å². The van der Waals surface area contributed by atoms with E-state index in [1.54, 1.807) is 25.2 Å². The third kappa shape index (κ3) is 5.89. The van der Waals surface area contributed by atoms with E-state index in [1.165, 1.54) is 0 Å². The lowest BCUT2D eigenvalue weighted by atomic mass is 10.0. The van der Waals surface area contributed by atoms with Gasteiger partial charge in [-0.3, -0.25) is 9.59 Å². The van der Waals surface area contributed by atoms with E-state index >= 15 is 0 Å². The Bertz CT molecular complexity index is 848. The van der Waals surface area contributed by atoms with Crippen molar-refractivity contribution in [2.75, 3.05) is 33.9 Å². The van der Waals surface area contributed by atoms with Gasteiger partial charge in [0.05, 0.1) is 20.6 Å². The van der Waals surface area contributed by atoms with Crippen molar-refractivity contribution in [2.24, 2.45) is 0 Å². The van der Waals surface area contributed by atoms with Crippen molar-refractivity contribution in [2.45, 2.75) is 25.3 Å². The second-order valence-electron chi connectivity index (χ2n) is 7.19. The van der Waals surface area contributed by atoms with E-state index in [0.29, 0.717) is 30.3 Å². The van der Waals surface area contributed by atoms with Crippen LogP contribution in [0.2, 0.25) is 0 Å². The Morgan fingerprint density at radius 1 is 1.00 bits per heavy atom. The monoisotopic (exact) mass is 412 g/mol. The Balaban J connectivity index is 1.42. The zero-order valence-electron chi connectivity index (χ0n) is 17.4. The summed E-state index contributed by atoms with van der Waals surface area (Å²) in [5.41, 5.74) is 0.857. The number of likely N-dealkylation sites (tertiary alicyclic amines) is 1. The summed E-state index contributed by atoms with van der Waals surface area (Å²) in [5, 5.41) is 3.07. The number of methoxy groups -OCH3 is 2. The number of benzene rings is 2. The number of ether oxygens (including phenoxy) is 3. The summed E-state index contributed by atoms with van der Waals surface area (Å²) in [6.45, 7) is 1.25. The van der Waals surface area contributed by atoms with Crippen LogP contribution in [0.1, 0.15) is 18.4 Å². The SMILES string of the molecule is COc1ccc(CC(=O)NC2CCN(C(=O)COc3ccccc3)CC2)cc1OC. The Kier molecular flexibility index (Phi) is 7.54. The summed E-state index contributed by atoms with van der Waals surface area (Å²) in [6.07, 6.45) is 1.73. The standard InChI is InChI=1S/C23H28N2O5/c1-28-20-9-8-17(14-21(20)29-2)15-22(26)24-18-10-12-25(13-11-18)23(27)16-30-19-6-4-3-5-7-19/h3-9,14,18H,10-13,15-16H2,1-2H3,(H,24,26). The van der Waals surface area contributed by atoms with Crippen LogP contribution in [-0.4, -0.2) is 56.7 Å². The van der Waals surface area contributed by atoms with E-state index in [9.17, 15) is 9.59 Å². The topological polar surface area (TPSA) is 77.1 Å². The maximum atomic E-state index is 12.4. The molecule has 0 saturated carbocycles. The van der Waals surface area contributed by atoms with Crippen molar-refractivity contribution in [3.63, 3.8) is 0 Å². The van der Waals surface area contributed by atoms with Gasteiger partial charge >= 0.3 is 0 Å². The molecule has 3 rings (SSSR count). The number of carbonyl (C=O) groups excluding carboxylic acids is 2. The van der Waals surface area contributed by atoms with Crippen molar-refractivity contribution in [1.29, 1.82) is 0 Å². The molecule has 1 heterocycles. The maximum Gasteiger partial charge on any atom is 0.260 e. The van der Waals surface area contributed by atoms with Crippen LogP contribution in [0.15, 0.2) is 48.5 Å². The minimum Gasteiger partial charge on any atom is -0.493 e. The first-order valence-corrected chi connectivity index (χ1v) is 10.0. The normalized spacial score (nSPS) is 14.1. The Morgan fingerprint density at radius 2 is 1.70 bits per heavy atom. The van der Waals surface area contributed by atoms with E-state index < -0.39 is 0 Å². The van der Waals surface area contributed by atoms with Crippen LogP contribution in [-0.2, 0) is 16.0 Å². The average molecular weight is 412 g/mol. The lowest BCUT2D eigenvalue weighted by molar-refractivity contribution is -0.134.